The van der Waals surface area contributed by atoms with E-state index in [0.717, 1.165) is 0 Å². The average Bonchev–Trinajstić information content (AvgIpc) is 2.46. The normalized spacial score (nSPS) is 13.1. The number of phenols is 1. The van der Waals surface area contributed by atoms with Gasteiger partial charge in [0.15, 0.2) is 11.6 Å². The van der Waals surface area contributed by atoms with Crippen molar-refractivity contribution in [3.05, 3.63) is 56.6 Å². The Bertz CT molecular complexity index is 733. The molecule has 3 rings (SSSR count). The van der Waals surface area contributed by atoms with Gasteiger partial charge in [0.05, 0.1) is 21.8 Å². The number of carbonyl (C=O) groups excluding carboxylic acids is 2. The minimum atomic E-state index is -0.520. The zero-order chi connectivity index (χ0) is 14.6. The highest BCUT2D eigenvalue weighted by Gasteiger charge is 2.36. The first-order chi connectivity index (χ1) is 9.45. The molecule has 0 bridgehead atoms. The Labute approximate surface area is 123 Å². The molecular formula is C14H7Cl2NO3. The molecule has 0 aliphatic heterocycles. The van der Waals surface area contributed by atoms with E-state index in [1.165, 1.54) is 12.1 Å². The van der Waals surface area contributed by atoms with Crippen molar-refractivity contribution in [3.8, 4) is 5.75 Å². The van der Waals surface area contributed by atoms with Crippen LogP contribution in [0, 0.1) is 0 Å². The summed E-state index contributed by atoms with van der Waals surface area (Å²) in [6.45, 7) is 0. The summed E-state index contributed by atoms with van der Waals surface area (Å²) in [5.41, 5.74) is 5.83. The highest BCUT2D eigenvalue weighted by Crippen LogP contribution is 2.45. The number of hydrogen-bond donors (Lipinski definition) is 2. The summed E-state index contributed by atoms with van der Waals surface area (Å²) < 4.78 is 0. The number of ketones is 2. The third-order valence-electron chi connectivity index (χ3n) is 3.26. The fourth-order valence-electron chi connectivity index (χ4n) is 2.30. The first-order valence-electron chi connectivity index (χ1n) is 5.63. The molecule has 0 atom stereocenters. The molecule has 0 saturated carbocycles. The number of halogens is 2. The summed E-state index contributed by atoms with van der Waals surface area (Å²) in [6.07, 6.45) is 0. The Morgan fingerprint density at radius 1 is 0.900 bits per heavy atom. The molecule has 20 heavy (non-hydrogen) atoms. The molecule has 100 valence electrons. The van der Waals surface area contributed by atoms with Gasteiger partial charge in [0.2, 0.25) is 0 Å². The van der Waals surface area contributed by atoms with Gasteiger partial charge < -0.3 is 10.8 Å². The highest BCUT2D eigenvalue weighted by molar-refractivity contribution is 6.47. The largest absolute Gasteiger partial charge is 0.506 e. The van der Waals surface area contributed by atoms with Gasteiger partial charge in [0, 0.05) is 11.1 Å². The average molecular weight is 308 g/mol. The second-order valence-electron chi connectivity index (χ2n) is 4.34. The molecule has 6 heteroatoms. The summed E-state index contributed by atoms with van der Waals surface area (Å²) in [7, 11) is 0. The summed E-state index contributed by atoms with van der Waals surface area (Å²) in [5.74, 6) is -1.48. The summed E-state index contributed by atoms with van der Waals surface area (Å²) in [6, 6.07) is 6.31. The Kier molecular flexibility index (Phi) is 2.74. The molecule has 0 spiro atoms. The molecule has 0 heterocycles. The van der Waals surface area contributed by atoms with Crippen LogP contribution in [0.15, 0.2) is 24.3 Å². The van der Waals surface area contributed by atoms with E-state index in [-0.39, 0.29) is 38.0 Å². The monoisotopic (exact) mass is 307 g/mol. The van der Waals surface area contributed by atoms with Crippen LogP contribution >= 0.6 is 23.2 Å². The zero-order valence-electron chi connectivity index (χ0n) is 9.91. The van der Waals surface area contributed by atoms with Crippen LogP contribution in [0.25, 0.3) is 0 Å². The number of hydrogen-bond acceptors (Lipinski definition) is 4. The number of phenolic OH excluding ortho intramolecular Hbond substituents is 1. The lowest BCUT2D eigenvalue weighted by Crippen LogP contribution is -2.22. The standard InChI is InChI=1S/C14H7Cl2NO3/c15-9-10(16)14(20)8-7(11(9)17)12(18)5-3-1-2-4-6(5)13(8)19/h1-4,20H,17H2. The third kappa shape index (κ3) is 1.49. The molecule has 0 amide bonds. The molecule has 0 aromatic heterocycles. The first kappa shape index (κ1) is 13.0. The van der Waals surface area contributed by atoms with Gasteiger partial charge in [-0.3, -0.25) is 9.59 Å². The molecule has 4 nitrogen and oxygen atoms in total. The van der Waals surface area contributed by atoms with E-state index in [1.54, 1.807) is 12.1 Å². The lowest BCUT2D eigenvalue weighted by Gasteiger charge is -2.21. The zero-order valence-corrected chi connectivity index (χ0v) is 11.4. The molecule has 1 aliphatic carbocycles. The summed E-state index contributed by atoms with van der Waals surface area (Å²) >= 11 is 11.7. The van der Waals surface area contributed by atoms with Gasteiger partial charge in [-0.2, -0.15) is 0 Å². The Morgan fingerprint density at radius 3 is 1.95 bits per heavy atom. The maximum atomic E-state index is 12.4. The number of nitrogens with two attached hydrogens (primary N) is 1. The van der Waals surface area contributed by atoms with Crippen molar-refractivity contribution in [2.75, 3.05) is 5.73 Å². The highest BCUT2D eigenvalue weighted by atomic mass is 35.5. The van der Waals surface area contributed by atoms with Crippen LogP contribution in [0.4, 0.5) is 5.69 Å². The van der Waals surface area contributed by atoms with Crippen LogP contribution in [0.3, 0.4) is 0 Å². The molecule has 2 aromatic carbocycles. The van der Waals surface area contributed by atoms with Gasteiger partial charge in [0.25, 0.3) is 0 Å². The van der Waals surface area contributed by atoms with E-state index < -0.39 is 17.3 Å². The number of benzene rings is 2. The maximum absolute atomic E-state index is 12.4. The van der Waals surface area contributed by atoms with Crippen LogP contribution in [-0.4, -0.2) is 16.7 Å². The van der Waals surface area contributed by atoms with Crippen molar-refractivity contribution >= 4 is 40.5 Å². The third-order valence-corrected chi connectivity index (χ3v) is 4.12. The van der Waals surface area contributed by atoms with E-state index in [4.69, 9.17) is 28.9 Å². The second-order valence-corrected chi connectivity index (χ2v) is 5.10. The number of aromatic hydroxyl groups is 1. The lowest BCUT2D eigenvalue weighted by molar-refractivity contribution is 0.0977. The lowest BCUT2D eigenvalue weighted by atomic mass is 9.83. The van der Waals surface area contributed by atoms with E-state index >= 15 is 0 Å². The van der Waals surface area contributed by atoms with Crippen molar-refractivity contribution < 1.29 is 14.7 Å². The van der Waals surface area contributed by atoms with Crippen LogP contribution in [0.1, 0.15) is 31.8 Å². The van der Waals surface area contributed by atoms with Crippen molar-refractivity contribution in [2.24, 2.45) is 0 Å². The van der Waals surface area contributed by atoms with Crippen LogP contribution in [0.5, 0.6) is 5.75 Å². The van der Waals surface area contributed by atoms with Gasteiger partial charge in [-0.15, -0.1) is 0 Å². The van der Waals surface area contributed by atoms with Gasteiger partial charge in [0.1, 0.15) is 10.8 Å². The molecule has 0 radical (unpaired) electrons. The predicted octanol–water partition coefficient (Wildman–Crippen LogP) is 3.06. The molecule has 1 aliphatic rings. The van der Waals surface area contributed by atoms with E-state index in [9.17, 15) is 14.7 Å². The van der Waals surface area contributed by atoms with E-state index in [1.807, 2.05) is 0 Å². The smallest absolute Gasteiger partial charge is 0.198 e. The topological polar surface area (TPSA) is 80.4 Å². The van der Waals surface area contributed by atoms with Crippen molar-refractivity contribution in [2.45, 2.75) is 0 Å². The second kappa shape index (κ2) is 4.23. The number of anilines is 1. The van der Waals surface area contributed by atoms with Crippen molar-refractivity contribution in [1.82, 2.24) is 0 Å². The maximum Gasteiger partial charge on any atom is 0.198 e. The molecule has 0 saturated heterocycles. The van der Waals surface area contributed by atoms with Crippen molar-refractivity contribution in [3.63, 3.8) is 0 Å². The van der Waals surface area contributed by atoms with E-state index in [2.05, 4.69) is 0 Å². The molecule has 0 fully saturated rings. The molecule has 3 N–H and O–H groups in total. The van der Waals surface area contributed by atoms with Gasteiger partial charge in [-0.05, 0) is 0 Å². The van der Waals surface area contributed by atoms with Crippen LogP contribution in [-0.2, 0) is 0 Å². The van der Waals surface area contributed by atoms with Gasteiger partial charge >= 0.3 is 0 Å². The molecular weight excluding hydrogens is 301 g/mol. The van der Waals surface area contributed by atoms with Gasteiger partial charge in [-0.25, -0.2) is 0 Å². The van der Waals surface area contributed by atoms with Gasteiger partial charge in [-0.1, -0.05) is 47.5 Å². The van der Waals surface area contributed by atoms with Crippen molar-refractivity contribution in [1.29, 1.82) is 0 Å². The fourth-order valence-corrected chi connectivity index (χ4v) is 2.68. The fraction of sp³-hybridized carbons (Fsp3) is 0. The minimum Gasteiger partial charge on any atom is -0.506 e. The quantitative estimate of drug-likeness (QED) is 0.494. The number of carbonyl (C=O) groups is 2. The minimum absolute atomic E-state index is 0.0967. The predicted molar refractivity (Wildman–Crippen MR) is 75.8 cm³/mol. The van der Waals surface area contributed by atoms with E-state index in [0.29, 0.717) is 0 Å². The molecule has 2 aromatic rings. The first-order valence-corrected chi connectivity index (χ1v) is 6.38. The Morgan fingerprint density at radius 2 is 1.40 bits per heavy atom. The Balaban J connectivity index is 2.46. The molecule has 0 unspecified atom stereocenters. The SMILES string of the molecule is Nc1c(Cl)c(Cl)c(O)c2c1C(=O)c1ccccc1C2=O. The van der Waals surface area contributed by atoms with Crippen LogP contribution < -0.4 is 5.73 Å². The number of nitrogen functional groups attached to an aromatic ring is 1. The number of rotatable bonds is 0. The summed E-state index contributed by atoms with van der Waals surface area (Å²) in [5, 5.41) is 9.65. The Hall–Kier alpha value is -2.04. The number of fused-ring (bicyclic) bond motifs is 2. The van der Waals surface area contributed by atoms with Crippen LogP contribution in [0.2, 0.25) is 10.0 Å². The summed E-state index contributed by atoms with van der Waals surface area (Å²) in [4.78, 5) is 24.9.